The number of thioether (sulfide) groups is 1. The van der Waals surface area contributed by atoms with E-state index >= 15 is 0 Å². The van der Waals surface area contributed by atoms with Crippen molar-refractivity contribution in [1.29, 1.82) is 0 Å². The first-order valence-corrected chi connectivity index (χ1v) is 9.25. The van der Waals surface area contributed by atoms with E-state index in [2.05, 4.69) is 10.3 Å². The van der Waals surface area contributed by atoms with E-state index in [0.29, 0.717) is 12.3 Å². The summed E-state index contributed by atoms with van der Waals surface area (Å²) in [5, 5.41) is 3.34. The lowest BCUT2D eigenvalue weighted by Crippen LogP contribution is -2.34. The average Bonchev–Trinajstić information content (AvgIpc) is 3.08. The third-order valence-corrected chi connectivity index (χ3v) is 5.50. The molecule has 2 heterocycles. The molecule has 0 spiro atoms. The first kappa shape index (κ1) is 16.5. The first-order chi connectivity index (χ1) is 11.2. The maximum atomic E-state index is 12.5. The number of carbonyl (C=O) groups excluding carboxylic acids is 1. The van der Waals surface area contributed by atoms with Gasteiger partial charge in [0.15, 0.2) is 0 Å². The van der Waals surface area contributed by atoms with Gasteiger partial charge in [-0.1, -0.05) is 11.8 Å². The molecule has 1 aliphatic carbocycles. The number of rotatable bonds is 5. The highest BCUT2D eigenvalue weighted by Gasteiger charge is 2.24. The number of fused-ring (bicyclic) bond motifs is 1. The summed E-state index contributed by atoms with van der Waals surface area (Å²) in [7, 11) is 1.62. The number of hydrogen-bond donors (Lipinski definition) is 1. The summed E-state index contributed by atoms with van der Waals surface area (Å²) in [6.07, 6.45) is 6.26. The van der Waals surface area contributed by atoms with E-state index < -0.39 is 0 Å². The van der Waals surface area contributed by atoms with Crippen molar-refractivity contribution in [2.75, 3.05) is 19.4 Å². The summed E-state index contributed by atoms with van der Waals surface area (Å²) in [6, 6.07) is 0. The number of nitrogens with one attached hydrogen (secondary N) is 1. The Balaban J connectivity index is 1.89. The smallest absolute Gasteiger partial charge is 0.348 e. The average molecular weight is 337 g/mol. The van der Waals surface area contributed by atoms with Crippen LogP contribution in [0.4, 0.5) is 0 Å². The zero-order valence-electron chi connectivity index (χ0n) is 13.5. The lowest BCUT2D eigenvalue weighted by atomic mass is 9.97. The van der Waals surface area contributed by atoms with Gasteiger partial charge in [0.2, 0.25) is 5.91 Å². The van der Waals surface area contributed by atoms with Gasteiger partial charge in [0, 0.05) is 24.9 Å². The molecule has 7 heteroatoms. The Kier molecular flexibility index (Phi) is 5.38. The van der Waals surface area contributed by atoms with Crippen molar-refractivity contribution >= 4 is 17.7 Å². The molecule has 23 heavy (non-hydrogen) atoms. The van der Waals surface area contributed by atoms with Gasteiger partial charge in [-0.2, -0.15) is 4.98 Å². The molecule has 0 radical (unpaired) electrons. The molecule has 0 saturated carbocycles. The van der Waals surface area contributed by atoms with Gasteiger partial charge in [-0.05, 0) is 38.5 Å². The SMILES string of the molecule is CNC(=O)CSc1nc(=O)n(CC2CCCO2)c2c1CCCC2. The lowest BCUT2D eigenvalue weighted by molar-refractivity contribution is -0.118. The lowest BCUT2D eigenvalue weighted by Gasteiger charge is -2.24. The van der Waals surface area contributed by atoms with Crippen LogP contribution in [0.15, 0.2) is 9.82 Å². The van der Waals surface area contributed by atoms with Crippen LogP contribution in [0.5, 0.6) is 0 Å². The van der Waals surface area contributed by atoms with Crippen molar-refractivity contribution in [1.82, 2.24) is 14.9 Å². The highest BCUT2D eigenvalue weighted by atomic mass is 32.2. The predicted octanol–water partition coefficient (Wildman–Crippen LogP) is 1.14. The normalized spacial score (nSPS) is 20.3. The minimum atomic E-state index is -0.208. The first-order valence-electron chi connectivity index (χ1n) is 8.26. The van der Waals surface area contributed by atoms with E-state index in [4.69, 9.17) is 4.74 Å². The van der Waals surface area contributed by atoms with E-state index in [-0.39, 0.29) is 17.7 Å². The molecule has 1 unspecified atom stereocenters. The third kappa shape index (κ3) is 3.77. The molecule has 1 aromatic rings. The van der Waals surface area contributed by atoms with Gasteiger partial charge < -0.3 is 10.1 Å². The Hall–Kier alpha value is -1.34. The third-order valence-electron chi connectivity index (χ3n) is 4.48. The molecule has 3 rings (SSSR count). The highest BCUT2D eigenvalue weighted by Crippen LogP contribution is 2.29. The summed E-state index contributed by atoms with van der Waals surface area (Å²) >= 11 is 1.37. The molecule has 1 amide bonds. The molecule has 0 bridgehead atoms. The summed E-state index contributed by atoms with van der Waals surface area (Å²) < 4.78 is 7.49. The minimum Gasteiger partial charge on any atom is -0.376 e. The van der Waals surface area contributed by atoms with E-state index in [1.807, 2.05) is 4.57 Å². The second kappa shape index (κ2) is 7.49. The van der Waals surface area contributed by atoms with Gasteiger partial charge in [0.25, 0.3) is 0 Å². The second-order valence-electron chi connectivity index (χ2n) is 6.04. The fourth-order valence-corrected chi connectivity index (χ4v) is 4.20. The maximum absolute atomic E-state index is 12.5. The van der Waals surface area contributed by atoms with Crippen molar-refractivity contribution < 1.29 is 9.53 Å². The van der Waals surface area contributed by atoms with Crippen LogP contribution in [0.1, 0.15) is 36.9 Å². The Morgan fingerprint density at radius 3 is 2.96 bits per heavy atom. The van der Waals surface area contributed by atoms with Gasteiger partial charge in [-0.15, -0.1) is 0 Å². The standard InChI is InChI=1S/C16H23N3O3S/c1-17-14(20)10-23-15-12-6-2-3-7-13(12)19(16(21)18-15)9-11-5-4-8-22-11/h11H,2-10H2,1H3,(H,17,20). The van der Waals surface area contributed by atoms with Crippen LogP contribution in [0.25, 0.3) is 0 Å². The molecule has 1 fully saturated rings. The van der Waals surface area contributed by atoms with Crippen LogP contribution in [0.2, 0.25) is 0 Å². The number of aromatic nitrogens is 2. The van der Waals surface area contributed by atoms with Crippen LogP contribution < -0.4 is 11.0 Å². The molecule has 1 N–H and O–H groups in total. The quantitative estimate of drug-likeness (QED) is 0.644. The van der Waals surface area contributed by atoms with Gasteiger partial charge in [0.05, 0.1) is 18.4 Å². The second-order valence-corrected chi connectivity index (χ2v) is 7.00. The Bertz CT molecular complexity index is 638. The molecule has 1 atom stereocenters. The van der Waals surface area contributed by atoms with Crippen molar-refractivity contribution in [2.45, 2.75) is 56.2 Å². The van der Waals surface area contributed by atoms with Gasteiger partial charge in [-0.25, -0.2) is 4.79 Å². The Labute approximate surface area is 140 Å². The summed E-state index contributed by atoms with van der Waals surface area (Å²) in [6.45, 7) is 1.39. The fourth-order valence-electron chi connectivity index (χ4n) is 3.25. The molecule has 1 aromatic heterocycles. The van der Waals surface area contributed by atoms with Crippen LogP contribution in [0, 0.1) is 0 Å². The molecule has 6 nitrogen and oxygen atoms in total. The van der Waals surface area contributed by atoms with Crippen LogP contribution in [0.3, 0.4) is 0 Å². The fraction of sp³-hybridized carbons (Fsp3) is 0.688. The number of nitrogens with zero attached hydrogens (tertiary/aromatic N) is 2. The molecule has 2 aliphatic rings. The van der Waals surface area contributed by atoms with Crippen molar-refractivity contribution in [3.63, 3.8) is 0 Å². The molecular weight excluding hydrogens is 314 g/mol. The van der Waals surface area contributed by atoms with Crippen LogP contribution in [-0.2, 0) is 28.9 Å². The number of carbonyl (C=O) groups is 1. The molecular formula is C16H23N3O3S. The van der Waals surface area contributed by atoms with Gasteiger partial charge in [-0.3, -0.25) is 9.36 Å². The Morgan fingerprint density at radius 2 is 2.22 bits per heavy atom. The molecule has 1 saturated heterocycles. The minimum absolute atomic E-state index is 0.0510. The zero-order chi connectivity index (χ0) is 16.2. The molecule has 126 valence electrons. The number of hydrogen-bond acceptors (Lipinski definition) is 5. The summed E-state index contributed by atoms with van der Waals surface area (Å²) in [5.74, 6) is 0.246. The largest absolute Gasteiger partial charge is 0.376 e. The predicted molar refractivity (Wildman–Crippen MR) is 88.9 cm³/mol. The maximum Gasteiger partial charge on any atom is 0.348 e. The van der Waals surface area contributed by atoms with Crippen molar-refractivity contribution in [2.24, 2.45) is 0 Å². The van der Waals surface area contributed by atoms with Gasteiger partial charge in [0.1, 0.15) is 5.03 Å². The summed E-state index contributed by atoms with van der Waals surface area (Å²) in [4.78, 5) is 28.2. The monoisotopic (exact) mass is 337 g/mol. The molecule has 0 aromatic carbocycles. The van der Waals surface area contributed by atoms with Crippen molar-refractivity contribution in [3.8, 4) is 0 Å². The topological polar surface area (TPSA) is 73.2 Å². The number of ether oxygens (including phenoxy) is 1. The van der Waals surface area contributed by atoms with Crippen LogP contribution >= 0.6 is 11.8 Å². The molecule has 1 aliphatic heterocycles. The highest BCUT2D eigenvalue weighted by molar-refractivity contribution is 7.99. The van der Waals surface area contributed by atoms with Crippen LogP contribution in [-0.4, -0.2) is 41.0 Å². The zero-order valence-corrected chi connectivity index (χ0v) is 14.3. The van der Waals surface area contributed by atoms with E-state index in [9.17, 15) is 9.59 Å². The van der Waals surface area contributed by atoms with Crippen molar-refractivity contribution in [3.05, 3.63) is 21.7 Å². The summed E-state index contributed by atoms with van der Waals surface area (Å²) in [5.41, 5.74) is 2.05. The van der Waals surface area contributed by atoms with E-state index in [1.54, 1.807) is 7.05 Å². The number of amides is 1. The van der Waals surface area contributed by atoms with E-state index in [1.165, 1.54) is 11.8 Å². The van der Waals surface area contributed by atoms with E-state index in [0.717, 1.165) is 61.4 Å². The van der Waals surface area contributed by atoms with Gasteiger partial charge >= 0.3 is 5.69 Å². The Morgan fingerprint density at radius 1 is 1.39 bits per heavy atom.